The van der Waals surface area contributed by atoms with Gasteiger partial charge in [-0.3, -0.25) is 4.79 Å². The Kier molecular flexibility index (Phi) is 3.58. The highest BCUT2D eigenvalue weighted by molar-refractivity contribution is 5.93. The lowest BCUT2D eigenvalue weighted by atomic mass is 9.71. The Hall–Kier alpha value is -2.76. The number of amides is 1. The maximum absolute atomic E-state index is 12.3. The zero-order valence-corrected chi connectivity index (χ0v) is 11.8. The van der Waals surface area contributed by atoms with Crippen LogP contribution in [0.5, 0.6) is 0 Å². The van der Waals surface area contributed by atoms with E-state index in [0.29, 0.717) is 0 Å². The molecule has 112 valence electrons. The fourth-order valence-electron chi connectivity index (χ4n) is 2.61. The summed E-state index contributed by atoms with van der Waals surface area (Å²) in [5, 5.41) is 11.8. The number of nitrogens with zero attached hydrogens (tertiary/aromatic N) is 2. The fraction of sp³-hybridized carbons (Fsp3) is 0.250. The average molecular weight is 297 g/mol. The van der Waals surface area contributed by atoms with Crippen LogP contribution in [0, 0.1) is 0 Å². The molecule has 0 atom stereocenters. The number of rotatable bonds is 4. The zero-order chi connectivity index (χ0) is 15.6. The predicted molar refractivity (Wildman–Crippen MR) is 78.4 cm³/mol. The van der Waals surface area contributed by atoms with Gasteiger partial charge in [-0.05, 0) is 24.8 Å². The summed E-state index contributed by atoms with van der Waals surface area (Å²) in [4.78, 5) is 30.7. The molecule has 6 heteroatoms. The van der Waals surface area contributed by atoms with Crippen LogP contribution in [0.25, 0.3) is 0 Å². The number of aromatic nitrogens is 2. The standard InChI is InChI=1S/C16H15N3O3/c20-14(12-9-18-13(10-17-12)15(21)22)19-16(7-4-8-16)11-5-2-1-3-6-11/h1-3,5-6,9-10H,4,7-8H2,(H,19,20)(H,21,22). The molecule has 0 saturated heterocycles. The van der Waals surface area contributed by atoms with Crippen molar-refractivity contribution in [1.29, 1.82) is 0 Å². The Morgan fingerprint density at radius 1 is 1.05 bits per heavy atom. The summed E-state index contributed by atoms with van der Waals surface area (Å²) in [5.41, 5.74) is 0.653. The third-order valence-corrected chi connectivity index (χ3v) is 3.99. The van der Waals surface area contributed by atoms with Crippen molar-refractivity contribution in [2.75, 3.05) is 0 Å². The molecule has 1 amide bonds. The summed E-state index contributed by atoms with van der Waals surface area (Å²) < 4.78 is 0. The molecule has 1 fully saturated rings. The molecule has 22 heavy (non-hydrogen) atoms. The zero-order valence-electron chi connectivity index (χ0n) is 11.8. The van der Waals surface area contributed by atoms with E-state index in [4.69, 9.17) is 5.11 Å². The molecule has 1 heterocycles. The number of aromatic carboxylic acids is 1. The fourth-order valence-corrected chi connectivity index (χ4v) is 2.61. The van der Waals surface area contributed by atoms with Gasteiger partial charge in [-0.1, -0.05) is 30.3 Å². The number of hydrogen-bond donors (Lipinski definition) is 2. The average Bonchev–Trinajstić information content (AvgIpc) is 2.51. The minimum Gasteiger partial charge on any atom is -0.476 e. The topological polar surface area (TPSA) is 92.2 Å². The third kappa shape index (κ3) is 2.55. The normalized spacial score (nSPS) is 15.6. The maximum Gasteiger partial charge on any atom is 0.356 e. The smallest absolute Gasteiger partial charge is 0.356 e. The molecule has 6 nitrogen and oxygen atoms in total. The van der Waals surface area contributed by atoms with Crippen molar-refractivity contribution < 1.29 is 14.7 Å². The first-order valence-electron chi connectivity index (χ1n) is 7.04. The highest BCUT2D eigenvalue weighted by Gasteiger charge is 2.40. The Labute approximate surface area is 127 Å². The van der Waals surface area contributed by atoms with Gasteiger partial charge in [-0.2, -0.15) is 0 Å². The van der Waals surface area contributed by atoms with Gasteiger partial charge in [0.2, 0.25) is 0 Å². The van der Waals surface area contributed by atoms with Crippen LogP contribution in [-0.2, 0) is 5.54 Å². The third-order valence-electron chi connectivity index (χ3n) is 3.99. The Morgan fingerprint density at radius 2 is 1.68 bits per heavy atom. The van der Waals surface area contributed by atoms with Crippen LogP contribution in [0.15, 0.2) is 42.7 Å². The van der Waals surface area contributed by atoms with Crippen molar-refractivity contribution in [3.8, 4) is 0 Å². The van der Waals surface area contributed by atoms with Gasteiger partial charge in [0.1, 0.15) is 5.69 Å². The first kappa shape index (κ1) is 14.2. The highest BCUT2D eigenvalue weighted by Crippen LogP contribution is 2.41. The van der Waals surface area contributed by atoms with Crippen molar-refractivity contribution in [3.63, 3.8) is 0 Å². The van der Waals surface area contributed by atoms with Crippen LogP contribution < -0.4 is 5.32 Å². The van der Waals surface area contributed by atoms with Crippen molar-refractivity contribution in [2.45, 2.75) is 24.8 Å². The SMILES string of the molecule is O=C(O)c1cnc(C(=O)NC2(c3ccccc3)CCC2)cn1. The van der Waals surface area contributed by atoms with Gasteiger partial charge in [-0.15, -0.1) is 0 Å². The minimum atomic E-state index is -1.17. The predicted octanol–water partition coefficient (Wildman–Crippen LogP) is 1.98. The summed E-state index contributed by atoms with van der Waals surface area (Å²) in [7, 11) is 0. The van der Waals surface area contributed by atoms with E-state index in [9.17, 15) is 9.59 Å². The van der Waals surface area contributed by atoms with Crippen LogP contribution in [0.2, 0.25) is 0 Å². The molecular formula is C16H15N3O3. The summed E-state index contributed by atoms with van der Waals surface area (Å²) in [6.45, 7) is 0. The van der Waals surface area contributed by atoms with Crippen LogP contribution in [-0.4, -0.2) is 27.0 Å². The largest absolute Gasteiger partial charge is 0.476 e. The van der Waals surface area contributed by atoms with Crippen molar-refractivity contribution >= 4 is 11.9 Å². The van der Waals surface area contributed by atoms with Crippen LogP contribution in [0.1, 0.15) is 45.8 Å². The molecule has 2 N–H and O–H groups in total. The van der Waals surface area contributed by atoms with Gasteiger partial charge in [0.05, 0.1) is 17.9 Å². The molecule has 1 aliphatic carbocycles. The lowest BCUT2D eigenvalue weighted by molar-refractivity contribution is 0.0687. The number of nitrogens with one attached hydrogen (secondary N) is 1. The van der Waals surface area contributed by atoms with E-state index < -0.39 is 5.97 Å². The summed E-state index contributed by atoms with van der Waals surface area (Å²) in [6, 6.07) is 9.83. The molecule has 0 bridgehead atoms. The molecule has 0 aliphatic heterocycles. The van der Waals surface area contributed by atoms with Crippen LogP contribution >= 0.6 is 0 Å². The summed E-state index contributed by atoms with van der Waals surface area (Å²) >= 11 is 0. The summed E-state index contributed by atoms with van der Waals surface area (Å²) in [6.07, 6.45) is 5.09. The van der Waals surface area contributed by atoms with Gasteiger partial charge in [0.15, 0.2) is 5.69 Å². The van der Waals surface area contributed by atoms with Gasteiger partial charge in [-0.25, -0.2) is 14.8 Å². The van der Waals surface area contributed by atoms with Gasteiger partial charge in [0.25, 0.3) is 5.91 Å². The van der Waals surface area contributed by atoms with Crippen LogP contribution in [0.4, 0.5) is 0 Å². The minimum absolute atomic E-state index is 0.118. The van der Waals surface area contributed by atoms with E-state index in [0.717, 1.165) is 31.0 Å². The lowest BCUT2D eigenvalue weighted by Gasteiger charge is -2.43. The first-order valence-corrected chi connectivity index (χ1v) is 7.04. The van der Waals surface area contributed by atoms with Crippen molar-refractivity contribution in [1.82, 2.24) is 15.3 Å². The Bertz CT molecular complexity index is 694. The molecule has 2 aromatic rings. The number of benzene rings is 1. The maximum atomic E-state index is 12.3. The monoisotopic (exact) mass is 297 g/mol. The number of carboxylic acids is 1. The van der Waals surface area contributed by atoms with E-state index in [1.165, 1.54) is 6.20 Å². The van der Waals surface area contributed by atoms with Gasteiger partial charge in [0, 0.05) is 0 Å². The molecule has 3 rings (SSSR count). The molecule has 1 aliphatic rings. The number of carboxylic acid groups (broad SMARTS) is 1. The van der Waals surface area contributed by atoms with Crippen LogP contribution in [0.3, 0.4) is 0 Å². The van der Waals surface area contributed by atoms with E-state index in [1.54, 1.807) is 0 Å². The number of carbonyl (C=O) groups is 2. The molecule has 1 aromatic carbocycles. The van der Waals surface area contributed by atoms with Gasteiger partial charge < -0.3 is 10.4 Å². The van der Waals surface area contributed by atoms with E-state index in [1.807, 2.05) is 30.3 Å². The first-order chi connectivity index (χ1) is 10.6. The second kappa shape index (κ2) is 5.55. The van der Waals surface area contributed by atoms with E-state index in [-0.39, 0.29) is 22.8 Å². The Morgan fingerprint density at radius 3 is 2.18 bits per heavy atom. The molecule has 0 radical (unpaired) electrons. The van der Waals surface area contributed by atoms with Crippen molar-refractivity contribution in [2.24, 2.45) is 0 Å². The van der Waals surface area contributed by atoms with Crippen molar-refractivity contribution in [3.05, 3.63) is 59.7 Å². The van der Waals surface area contributed by atoms with Gasteiger partial charge >= 0.3 is 5.97 Å². The second-order valence-electron chi connectivity index (χ2n) is 5.35. The number of carbonyl (C=O) groups excluding carboxylic acids is 1. The Balaban J connectivity index is 1.79. The molecule has 0 spiro atoms. The molecule has 1 saturated carbocycles. The highest BCUT2D eigenvalue weighted by atomic mass is 16.4. The molecular weight excluding hydrogens is 282 g/mol. The molecule has 0 unspecified atom stereocenters. The summed E-state index contributed by atoms with van der Waals surface area (Å²) in [5.74, 6) is -1.51. The quantitative estimate of drug-likeness (QED) is 0.900. The number of hydrogen-bond acceptors (Lipinski definition) is 4. The molecule has 1 aromatic heterocycles. The second-order valence-corrected chi connectivity index (χ2v) is 5.35. The lowest BCUT2D eigenvalue weighted by Crippen LogP contribution is -2.51. The van der Waals surface area contributed by atoms with E-state index >= 15 is 0 Å². The van der Waals surface area contributed by atoms with E-state index in [2.05, 4.69) is 15.3 Å².